The number of carbonyl (C=O) groups excluding carboxylic acids is 1. The molecule has 0 spiro atoms. The van der Waals surface area contributed by atoms with Crippen LogP contribution in [0.1, 0.15) is 19.8 Å². The molecule has 0 saturated heterocycles. The van der Waals surface area contributed by atoms with Gasteiger partial charge in [0.1, 0.15) is 5.52 Å². The summed E-state index contributed by atoms with van der Waals surface area (Å²) < 4.78 is 26.0. The topological polar surface area (TPSA) is 126 Å². The highest BCUT2D eigenvalue weighted by molar-refractivity contribution is 7.89. The molecule has 3 aromatic rings. The van der Waals surface area contributed by atoms with E-state index < -0.39 is 16.0 Å². The number of carbonyl (C=O) groups is 1. The van der Waals surface area contributed by atoms with Gasteiger partial charge in [-0.25, -0.2) is 8.42 Å². The number of sulfonamides is 1. The fourth-order valence-electron chi connectivity index (χ4n) is 2.58. The Labute approximate surface area is 162 Å². The van der Waals surface area contributed by atoms with Crippen molar-refractivity contribution in [2.45, 2.75) is 24.7 Å². The lowest BCUT2D eigenvalue weighted by Gasteiger charge is -2.14. The lowest BCUT2D eigenvalue weighted by molar-refractivity contribution is -0.305. The molecule has 3 rings (SSSR count). The molecule has 0 amide bonds. The van der Waals surface area contributed by atoms with Crippen LogP contribution >= 0.6 is 0 Å². The molecule has 2 N–H and O–H groups in total. The van der Waals surface area contributed by atoms with E-state index in [1.807, 2.05) is 0 Å². The van der Waals surface area contributed by atoms with Crippen LogP contribution in [0.3, 0.4) is 0 Å². The van der Waals surface area contributed by atoms with Gasteiger partial charge in [-0.3, -0.25) is 4.79 Å². The maximum Gasteiger partial charge on any atom is 0.272 e. The largest absolute Gasteiger partial charge is 0.550 e. The first-order chi connectivity index (χ1) is 13.2. The molecular formula is C19H20N3O5S-. The predicted molar refractivity (Wildman–Crippen MR) is 105 cm³/mol. The van der Waals surface area contributed by atoms with Crippen LogP contribution in [-0.4, -0.2) is 42.3 Å². The van der Waals surface area contributed by atoms with Crippen molar-refractivity contribution in [1.82, 2.24) is 14.3 Å². The first-order valence-corrected chi connectivity index (χ1v) is 9.89. The third-order valence-corrected chi connectivity index (χ3v) is 5.78. The number of aliphatic carboxylic acids is 1. The van der Waals surface area contributed by atoms with Crippen LogP contribution in [-0.2, 0) is 14.8 Å². The molecule has 0 unspecified atom stereocenters. The number of carboxylic acid groups (broad SMARTS) is 1. The van der Waals surface area contributed by atoms with Crippen molar-refractivity contribution >= 4 is 37.8 Å². The molecule has 2 aromatic heterocycles. The molecule has 0 atom stereocenters. The minimum atomic E-state index is -3.67. The molecule has 8 nitrogen and oxygen atoms in total. The lowest BCUT2D eigenvalue weighted by atomic mass is 10.1. The quantitative estimate of drug-likeness (QED) is 0.611. The molecule has 0 aliphatic carbocycles. The van der Waals surface area contributed by atoms with Crippen molar-refractivity contribution in [2.75, 3.05) is 13.6 Å². The molecular weight excluding hydrogens is 382 g/mol. The number of hydrogen-bond donors (Lipinski definition) is 2. The van der Waals surface area contributed by atoms with E-state index in [1.54, 1.807) is 31.3 Å². The van der Waals surface area contributed by atoms with Gasteiger partial charge >= 0.3 is 0 Å². The van der Waals surface area contributed by atoms with Gasteiger partial charge in [0.25, 0.3) is 5.56 Å². The Morgan fingerprint density at radius 1 is 1.29 bits per heavy atom. The number of terminal acetylenes is 1. The van der Waals surface area contributed by atoms with Crippen molar-refractivity contribution in [1.29, 1.82) is 0 Å². The van der Waals surface area contributed by atoms with Gasteiger partial charge in [0.15, 0.2) is 0 Å². The first-order valence-electron chi connectivity index (χ1n) is 8.45. The second-order valence-electron chi connectivity index (χ2n) is 6.02. The molecule has 0 bridgehead atoms. The third-order valence-electron chi connectivity index (χ3n) is 3.98. The van der Waals surface area contributed by atoms with Gasteiger partial charge in [0, 0.05) is 35.5 Å². The van der Waals surface area contributed by atoms with Gasteiger partial charge in [0.2, 0.25) is 10.0 Å². The van der Waals surface area contributed by atoms with E-state index in [-0.39, 0.29) is 23.4 Å². The van der Waals surface area contributed by atoms with Gasteiger partial charge in [-0.1, -0.05) is 19.3 Å². The fourth-order valence-corrected chi connectivity index (χ4v) is 3.69. The Hall–Kier alpha value is -3.09. The molecule has 0 aliphatic heterocycles. The summed E-state index contributed by atoms with van der Waals surface area (Å²) in [5.41, 5.74) is 0.752. The number of aromatic nitrogens is 2. The normalized spacial score (nSPS) is 11.2. The van der Waals surface area contributed by atoms with Gasteiger partial charge in [-0.15, -0.1) is 6.42 Å². The number of H-pyrrole nitrogens is 2. The minimum absolute atomic E-state index is 0.00837. The summed E-state index contributed by atoms with van der Waals surface area (Å²) in [6.07, 6.45) is 7.67. The number of hydrogen-bond acceptors (Lipinski definition) is 5. The zero-order valence-electron chi connectivity index (χ0n) is 15.5. The number of fused-ring (bicyclic) bond motifs is 3. The average molecular weight is 402 g/mol. The van der Waals surface area contributed by atoms with Crippen molar-refractivity contribution in [3.8, 4) is 12.3 Å². The van der Waals surface area contributed by atoms with Crippen LogP contribution in [0.25, 0.3) is 21.8 Å². The molecule has 2 heterocycles. The number of rotatable bonds is 5. The second-order valence-corrected chi connectivity index (χ2v) is 8.06. The van der Waals surface area contributed by atoms with Crippen molar-refractivity contribution in [3.05, 3.63) is 40.8 Å². The van der Waals surface area contributed by atoms with Gasteiger partial charge in [0.05, 0.1) is 11.4 Å². The number of pyridine rings is 1. The summed E-state index contributed by atoms with van der Waals surface area (Å²) in [5.74, 6) is 1.35. The summed E-state index contributed by atoms with van der Waals surface area (Å²) in [6.45, 7) is 1.79. The SMILES string of the molecule is C#CCN(C)S(=O)(=O)c1ccc2[nH]c(=O)c3[nH]ccc3c2c1.CCCC(=O)[O-]. The summed E-state index contributed by atoms with van der Waals surface area (Å²) in [6, 6.07) is 6.33. The van der Waals surface area contributed by atoms with Crippen LogP contribution in [0.5, 0.6) is 0 Å². The highest BCUT2D eigenvalue weighted by atomic mass is 32.2. The van der Waals surface area contributed by atoms with Crippen LogP contribution < -0.4 is 10.7 Å². The number of carboxylic acids is 1. The molecule has 1 aromatic carbocycles. The molecule has 0 aliphatic rings. The maximum atomic E-state index is 12.5. The van der Waals surface area contributed by atoms with E-state index >= 15 is 0 Å². The smallest absolute Gasteiger partial charge is 0.272 e. The Kier molecular flexibility index (Phi) is 6.62. The Morgan fingerprint density at radius 3 is 2.57 bits per heavy atom. The monoisotopic (exact) mass is 402 g/mol. The first kappa shape index (κ1) is 21.2. The number of benzene rings is 1. The summed E-state index contributed by atoms with van der Waals surface area (Å²) >= 11 is 0. The minimum Gasteiger partial charge on any atom is -0.550 e. The summed E-state index contributed by atoms with van der Waals surface area (Å²) in [7, 11) is -2.24. The second kappa shape index (κ2) is 8.73. The number of aromatic amines is 2. The van der Waals surface area contributed by atoms with Crippen molar-refractivity contribution in [2.24, 2.45) is 0 Å². The lowest BCUT2D eigenvalue weighted by Crippen LogP contribution is -2.27. The molecule has 0 saturated carbocycles. The molecule has 148 valence electrons. The van der Waals surface area contributed by atoms with E-state index in [4.69, 9.17) is 6.42 Å². The van der Waals surface area contributed by atoms with Crippen LogP contribution in [0.4, 0.5) is 0 Å². The Balaban J connectivity index is 0.000000409. The molecule has 9 heteroatoms. The van der Waals surface area contributed by atoms with Crippen LogP contribution in [0, 0.1) is 12.3 Å². The van der Waals surface area contributed by atoms with Crippen molar-refractivity contribution in [3.63, 3.8) is 0 Å². The van der Waals surface area contributed by atoms with Crippen molar-refractivity contribution < 1.29 is 18.3 Å². The van der Waals surface area contributed by atoms with Gasteiger partial charge < -0.3 is 19.9 Å². The van der Waals surface area contributed by atoms with E-state index in [1.165, 1.54) is 13.1 Å². The molecule has 0 radical (unpaired) electrons. The molecule has 0 fully saturated rings. The van der Waals surface area contributed by atoms with Crippen LogP contribution in [0.15, 0.2) is 40.2 Å². The zero-order valence-corrected chi connectivity index (χ0v) is 16.3. The van der Waals surface area contributed by atoms with Crippen LogP contribution in [0.2, 0.25) is 0 Å². The zero-order chi connectivity index (χ0) is 20.9. The van der Waals surface area contributed by atoms with E-state index in [9.17, 15) is 23.1 Å². The maximum absolute atomic E-state index is 12.5. The highest BCUT2D eigenvalue weighted by Crippen LogP contribution is 2.24. The number of nitrogens with one attached hydrogen (secondary N) is 2. The van der Waals surface area contributed by atoms with E-state index in [0.717, 1.165) is 4.31 Å². The van der Waals surface area contributed by atoms with Gasteiger partial charge in [-0.05, 0) is 30.7 Å². The Bertz CT molecular complexity index is 1200. The fraction of sp³-hybridized carbons (Fsp3) is 0.263. The van der Waals surface area contributed by atoms with Gasteiger partial charge in [-0.2, -0.15) is 4.31 Å². The Morgan fingerprint density at radius 2 is 2.00 bits per heavy atom. The summed E-state index contributed by atoms with van der Waals surface area (Å²) in [5, 5.41) is 10.8. The third kappa shape index (κ3) is 4.42. The summed E-state index contributed by atoms with van der Waals surface area (Å²) in [4.78, 5) is 27.1. The van der Waals surface area contributed by atoms with E-state index in [0.29, 0.717) is 28.2 Å². The average Bonchev–Trinajstić information content (AvgIpc) is 3.13. The van der Waals surface area contributed by atoms with E-state index in [2.05, 4.69) is 15.9 Å². The standard InChI is InChI=1S/C15H13N3O3S.C4H8O2/c1-3-8-18(2)22(20,21)10-4-5-13-12(9-10)11-6-7-16-14(11)15(19)17-13;1-2-3-4(5)6/h1,4-7,9,16H,8H2,2H3,(H,17,19);2-3H2,1H3,(H,5,6)/p-1. The number of nitrogens with zero attached hydrogens (tertiary/aromatic N) is 1. The predicted octanol–water partition coefficient (Wildman–Crippen LogP) is 0.799. The molecule has 28 heavy (non-hydrogen) atoms. The highest BCUT2D eigenvalue weighted by Gasteiger charge is 2.20.